The highest BCUT2D eigenvalue weighted by atomic mass is 16.4. The van der Waals surface area contributed by atoms with Crippen LogP contribution in [0.3, 0.4) is 0 Å². The molecule has 1 atom stereocenters. The first-order valence-electron chi connectivity index (χ1n) is 3.22. The van der Waals surface area contributed by atoms with Gasteiger partial charge in [0.2, 0.25) is 0 Å². The van der Waals surface area contributed by atoms with Gasteiger partial charge in [0.05, 0.1) is 1.37 Å². The van der Waals surface area contributed by atoms with Crippen LogP contribution in [0.5, 0.6) is 0 Å². The lowest BCUT2D eigenvalue weighted by atomic mass is 10.4. The summed E-state index contributed by atoms with van der Waals surface area (Å²) in [6.45, 7) is -2.99. The van der Waals surface area contributed by atoms with E-state index < -0.39 is 18.8 Å². The van der Waals surface area contributed by atoms with Crippen molar-refractivity contribution in [2.75, 3.05) is 0 Å². The summed E-state index contributed by atoms with van der Waals surface area (Å²) in [5, 5.41) is 8.10. The summed E-state index contributed by atoms with van der Waals surface area (Å²) in [6.07, 6.45) is 0. The minimum Gasteiger partial charge on any atom is -0.480 e. The highest BCUT2D eigenvalue weighted by molar-refractivity contribution is 5.72. The summed E-state index contributed by atoms with van der Waals surface area (Å²) >= 11 is 0. The first-order valence-corrected chi connectivity index (χ1v) is 1.22. The monoisotopic (exact) mass is 93.1 g/mol. The van der Waals surface area contributed by atoms with Gasteiger partial charge in [-0.05, 0) is 6.85 Å². The Labute approximate surface area is 41.4 Å². The maximum absolute atomic E-state index is 10.00. The van der Waals surface area contributed by atoms with Gasteiger partial charge in [0.15, 0.2) is 0 Å². The van der Waals surface area contributed by atoms with Gasteiger partial charge in [-0.15, -0.1) is 0 Å². The van der Waals surface area contributed by atoms with Gasteiger partial charge in [-0.2, -0.15) is 0 Å². The maximum Gasteiger partial charge on any atom is 0.320 e. The fraction of sp³-hybridized carbons (Fsp3) is 0.667. The first kappa shape index (κ1) is 1.50. The van der Waals surface area contributed by atoms with Crippen molar-refractivity contribution >= 4 is 5.97 Å². The van der Waals surface area contributed by atoms with E-state index in [1.54, 1.807) is 0 Å². The number of aliphatic carboxylic acids is 1. The zero-order valence-corrected chi connectivity index (χ0v) is 2.93. The Balaban J connectivity index is 4.57. The quantitative estimate of drug-likeness (QED) is 0.455. The largest absolute Gasteiger partial charge is 0.480 e. The van der Waals surface area contributed by atoms with E-state index >= 15 is 0 Å². The van der Waals surface area contributed by atoms with Crippen molar-refractivity contribution in [3.05, 3.63) is 0 Å². The lowest BCUT2D eigenvalue weighted by Gasteiger charge is -1.90. The zero-order chi connectivity index (χ0) is 8.58. The Morgan fingerprint density at radius 2 is 3.00 bits per heavy atom. The van der Waals surface area contributed by atoms with Crippen LogP contribution >= 0.6 is 0 Å². The van der Waals surface area contributed by atoms with Crippen molar-refractivity contribution < 1.29 is 15.4 Å². The van der Waals surface area contributed by atoms with Crippen molar-refractivity contribution in [2.45, 2.75) is 12.9 Å². The molecule has 0 radical (unpaired) electrons. The molecule has 0 aromatic rings. The number of nitrogens with two attached hydrogens (primary N) is 1. The first-order chi connectivity index (χ1) is 4.19. The standard InChI is InChI=1S/C3H7NO2/c1-2(4)3(5)6/h2H,4H2,1H3,(H,5,6)/i1D3,2D. The number of carbonyl (C=O) groups is 1. The molecule has 0 amide bonds. The van der Waals surface area contributed by atoms with E-state index in [-0.39, 0.29) is 0 Å². The second kappa shape index (κ2) is 1.77. The summed E-state index contributed by atoms with van der Waals surface area (Å²) in [7, 11) is 0. The second-order valence-electron chi connectivity index (χ2n) is 0.719. The maximum atomic E-state index is 10.00. The predicted molar refractivity (Wildman–Crippen MR) is 21.3 cm³/mol. The van der Waals surface area contributed by atoms with E-state index in [0.29, 0.717) is 0 Å². The van der Waals surface area contributed by atoms with Crippen LogP contribution in [0.4, 0.5) is 0 Å². The minimum absolute atomic E-state index is 1.85. The number of hydrogen-bond donors (Lipinski definition) is 2. The average molecular weight is 93.1 g/mol. The predicted octanol–water partition coefficient (Wildman–Crippen LogP) is -0.582. The molecule has 36 valence electrons. The molecule has 0 bridgehead atoms. The molecule has 3 heteroatoms. The number of hydrogen-bond acceptors (Lipinski definition) is 2. The summed E-state index contributed by atoms with van der Waals surface area (Å²) < 4.78 is 26.2. The van der Waals surface area contributed by atoms with Gasteiger partial charge in [0.25, 0.3) is 0 Å². The van der Waals surface area contributed by atoms with E-state index in [0.717, 1.165) is 0 Å². The third-order valence-corrected chi connectivity index (χ3v) is 0.230. The van der Waals surface area contributed by atoms with Gasteiger partial charge in [-0.1, -0.05) is 0 Å². The molecule has 0 aliphatic rings. The van der Waals surface area contributed by atoms with Crippen LogP contribution in [-0.2, 0) is 4.79 Å². The van der Waals surface area contributed by atoms with Gasteiger partial charge in [0, 0.05) is 4.11 Å². The normalized spacial score (nSPS) is 30.8. The molecule has 0 heterocycles. The minimum atomic E-state index is -2.99. The smallest absolute Gasteiger partial charge is 0.320 e. The van der Waals surface area contributed by atoms with E-state index in [9.17, 15) is 4.79 Å². The zero-order valence-electron chi connectivity index (χ0n) is 6.93. The fourth-order valence-corrected chi connectivity index (χ4v) is 0. The van der Waals surface area contributed by atoms with Crippen LogP contribution < -0.4 is 5.73 Å². The molecular formula is C3H7NO2. The van der Waals surface area contributed by atoms with Crippen molar-refractivity contribution in [1.82, 2.24) is 0 Å². The van der Waals surface area contributed by atoms with Gasteiger partial charge in [-0.25, -0.2) is 0 Å². The molecule has 0 aromatic heterocycles. The second-order valence-corrected chi connectivity index (χ2v) is 0.719. The van der Waals surface area contributed by atoms with Crippen molar-refractivity contribution in [1.29, 1.82) is 0 Å². The SMILES string of the molecule is [2H]C([2H])([2H])C([2H])(N)C(=O)O. The fourth-order valence-electron chi connectivity index (χ4n) is 0. The van der Waals surface area contributed by atoms with Gasteiger partial charge >= 0.3 is 5.97 Å². The van der Waals surface area contributed by atoms with Gasteiger partial charge in [-0.3, -0.25) is 4.79 Å². The Hall–Kier alpha value is -0.570. The van der Waals surface area contributed by atoms with Crippen molar-refractivity contribution in [2.24, 2.45) is 5.73 Å². The molecule has 0 saturated heterocycles. The summed E-state index contributed by atoms with van der Waals surface area (Å²) in [4.78, 5) is 10.00. The third-order valence-electron chi connectivity index (χ3n) is 0.230. The summed E-state index contributed by atoms with van der Waals surface area (Å²) in [6, 6.07) is -2.90. The van der Waals surface area contributed by atoms with Crippen molar-refractivity contribution in [3.8, 4) is 0 Å². The van der Waals surface area contributed by atoms with Crippen LogP contribution in [0.1, 0.15) is 12.3 Å². The van der Waals surface area contributed by atoms with E-state index in [1.165, 1.54) is 0 Å². The highest BCUT2D eigenvalue weighted by Gasteiger charge is 1.99. The third kappa shape index (κ3) is 1.72. The van der Waals surface area contributed by atoms with E-state index in [2.05, 4.69) is 5.73 Å². The van der Waals surface area contributed by atoms with Crippen LogP contribution in [0.15, 0.2) is 0 Å². The van der Waals surface area contributed by atoms with E-state index in [1.807, 2.05) is 0 Å². The molecule has 1 unspecified atom stereocenters. The van der Waals surface area contributed by atoms with Crippen LogP contribution in [0, 0.1) is 0 Å². The molecule has 3 N–H and O–H groups in total. The lowest BCUT2D eigenvalue weighted by Crippen LogP contribution is -2.25. The Bertz CT molecular complexity index is 151. The van der Waals surface area contributed by atoms with Crippen LogP contribution in [0.25, 0.3) is 0 Å². The molecule has 3 nitrogen and oxygen atoms in total. The average Bonchev–Trinajstić information content (AvgIpc) is 1.62. The number of carboxylic acids is 1. The molecule has 0 saturated carbocycles. The molecule has 0 aromatic carbocycles. The van der Waals surface area contributed by atoms with Crippen molar-refractivity contribution in [3.63, 3.8) is 0 Å². The van der Waals surface area contributed by atoms with Crippen LogP contribution in [0.2, 0.25) is 0 Å². The topological polar surface area (TPSA) is 63.3 Å². The number of carboxylic acid groups (broad SMARTS) is 1. The van der Waals surface area contributed by atoms with Gasteiger partial charge in [0.1, 0.15) is 6.02 Å². The Morgan fingerprint density at radius 1 is 2.50 bits per heavy atom. The summed E-state index contributed by atoms with van der Waals surface area (Å²) in [5.74, 6) is -1.85. The highest BCUT2D eigenvalue weighted by Crippen LogP contribution is 1.68. The molecule has 0 aliphatic carbocycles. The van der Waals surface area contributed by atoms with E-state index in [4.69, 9.17) is 10.6 Å². The lowest BCUT2D eigenvalue weighted by molar-refractivity contribution is -0.138. The molecular weight excluding hydrogens is 82.0 g/mol. The molecule has 0 rings (SSSR count). The Morgan fingerprint density at radius 3 is 3.00 bits per heavy atom. The molecule has 0 fully saturated rings. The molecule has 6 heavy (non-hydrogen) atoms. The Kier molecular flexibility index (Phi) is 0.442. The van der Waals surface area contributed by atoms with Crippen LogP contribution in [-0.4, -0.2) is 17.1 Å². The summed E-state index contributed by atoms with van der Waals surface area (Å²) in [5.41, 5.74) is 4.64. The van der Waals surface area contributed by atoms with Gasteiger partial charge < -0.3 is 10.8 Å². The molecule has 0 spiro atoms. The molecule has 0 aliphatic heterocycles. The number of rotatable bonds is 1.